The molecule has 0 aromatic rings. The first-order chi connectivity index (χ1) is 10.2. The van der Waals surface area contributed by atoms with Crippen molar-refractivity contribution in [1.82, 2.24) is 15.5 Å². The van der Waals surface area contributed by atoms with Crippen molar-refractivity contribution >= 4 is 15.8 Å². The molecule has 1 atom stereocenters. The maximum atomic E-state index is 11.5. The van der Waals surface area contributed by atoms with Gasteiger partial charge in [-0.05, 0) is 40.0 Å². The van der Waals surface area contributed by atoms with E-state index < -0.39 is 9.84 Å². The lowest BCUT2D eigenvalue weighted by Crippen LogP contribution is -2.46. The molecule has 1 unspecified atom stereocenters. The van der Waals surface area contributed by atoms with Gasteiger partial charge in [0.1, 0.15) is 0 Å². The lowest BCUT2D eigenvalue weighted by Gasteiger charge is -2.30. The molecular formula is C15H32N4O2S. The highest BCUT2D eigenvalue weighted by Gasteiger charge is 2.27. The van der Waals surface area contributed by atoms with Gasteiger partial charge in [0, 0.05) is 38.8 Å². The van der Waals surface area contributed by atoms with Crippen LogP contribution >= 0.6 is 0 Å². The van der Waals surface area contributed by atoms with Crippen LogP contribution in [0.2, 0.25) is 0 Å². The summed E-state index contributed by atoms with van der Waals surface area (Å²) >= 11 is 0. The molecule has 0 aromatic carbocycles. The van der Waals surface area contributed by atoms with Crippen LogP contribution in [0, 0.1) is 5.92 Å². The zero-order chi connectivity index (χ0) is 16.8. The van der Waals surface area contributed by atoms with E-state index in [1.807, 2.05) is 0 Å². The second kappa shape index (κ2) is 8.72. The Morgan fingerprint density at radius 1 is 1.23 bits per heavy atom. The summed E-state index contributed by atoms with van der Waals surface area (Å²) in [6.45, 7) is 11.2. The van der Waals surface area contributed by atoms with Crippen LogP contribution in [0.15, 0.2) is 4.99 Å². The summed E-state index contributed by atoms with van der Waals surface area (Å²) in [5.41, 5.74) is 0. The third kappa shape index (κ3) is 6.52. The van der Waals surface area contributed by atoms with E-state index in [2.05, 4.69) is 48.2 Å². The van der Waals surface area contributed by atoms with Gasteiger partial charge in [-0.2, -0.15) is 0 Å². The molecule has 0 spiro atoms. The van der Waals surface area contributed by atoms with E-state index in [0.717, 1.165) is 25.5 Å². The molecule has 0 amide bonds. The Morgan fingerprint density at radius 2 is 1.86 bits per heavy atom. The Hall–Kier alpha value is -0.820. The first-order valence-electron chi connectivity index (χ1n) is 8.16. The minimum absolute atomic E-state index is 0.200. The maximum Gasteiger partial charge on any atom is 0.191 e. The van der Waals surface area contributed by atoms with Crippen LogP contribution in [0.25, 0.3) is 0 Å². The summed E-state index contributed by atoms with van der Waals surface area (Å²) in [4.78, 5) is 6.62. The largest absolute Gasteiger partial charge is 0.356 e. The van der Waals surface area contributed by atoms with Crippen LogP contribution in [-0.4, -0.2) is 69.5 Å². The Bertz CT molecular complexity index is 452. The Morgan fingerprint density at radius 3 is 2.32 bits per heavy atom. The number of rotatable bonds is 7. The van der Waals surface area contributed by atoms with Crippen molar-refractivity contribution in [3.05, 3.63) is 0 Å². The van der Waals surface area contributed by atoms with E-state index in [1.54, 1.807) is 7.05 Å². The highest BCUT2D eigenvalue weighted by molar-refractivity contribution is 7.91. The maximum absolute atomic E-state index is 11.5. The Labute approximate surface area is 135 Å². The van der Waals surface area contributed by atoms with Crippen LogP contribution < -0.4 is 10.6 Å². The van der Waals surface area contributed by atoms with Crippen LogP contribution in [0.5, 0.6) is 0 Å². The minimum atomic E-state index is -2.80. The fourth-order valence-corrected chi connectivity index (χ4v) is 4.77. The number of hydrogen-bond donors (Lipinski definition) is 2. The molecule has 22 heavy (non-hydrogen) atoms. The highest BCUT2D eigenvalue weighted by Crippen LogP contribution is 2.17. The summed E-state index contributed by atoms with van der Waals surface area (Å²) in [5.74, 6) is 1.57. The third-order valence-corrected chi connectivity index (χ3v) is 5.93. The molecule has 1 rings (SSSR count). The molecule has 0 saturated carbocycles. The summed E-state index contributed by atoms with van der Waals surface area (Å²) < 4.78 is 22.9. The van der Waals surface area contributed by atoms with E-state index >= 15 is 0 Å². The van der Waals surface area contributed by atoms with Gasteiger partial charge in [-0.1, -0.05) is 0 Å². The number of guanidine groups is 1. The Balaban J connectivity index is 2.31. The summed E-state index contributed by atoms with van der Waals surface area (Å²) in [5, 5.41) is 6.54. The molecule has 6 nitrogen and oxygen atoms in total. The molecule has 0 radical (unpaired) electrons. The van der Waals surface area contributed by atoms with Crippen molar-refractivity contribution in [2.24, 2.45) is 10.9 Å². The molecule has 1 aliphatic heterocycles. The van der Waals surface area contributed by atoms with Crippen LogP contribution in [-0.2, 0) is 9.84 Å². The predicted molar refractivity (Wildman–Crippen MR) is 93.1 cm³/mol. The van der Waals surface area contributed by atoms with E-state index in [-0.39, 0.29) is 5.92 Å². The van der Waals surface area contributed by atoms with Gasteiger partial charge in [0.15, 0.2) is 15.8 Å². The summed E-state index contributed by atoms with van der Waals surface area (Å²) in [6.07, 6.45) is 0.751. The van der Waals surface area contributed by atoms with Gasteiger partial charge in [0.05, 0.1) is 11.5 Å². The summed E-state index contributed by atoms with van der Waals surface area (Å²) in [6, 6.07) is 1.03. The number of aliphatic imine (C=N–C) groups is 1. The predicted octanol–water partition coefficient (Wildman–Crippen LogP) is 0.705. The zero-order valence-electron chi connectivity index (χ0n) is 14.6. The normalized spacial score (nSPS) is 21.8. The molecule has 7 heteroatoms. The average Bonchev–Trinajstić information content (AvgIpc) is 2.76. The fraction of sp³-hybridized carbons (Fsp3) is 0.933. The molecule has 1 saturated heterocycles. The average molecular weight is 333 g/mol. The molecule has 1 aliphatic rings. The zero-order valence-corrected chi connectivity index (χ0v) is 15.4. The number of nitrogens with one attached hydrogen (secondary N) is 2. The molecule has 0 bridgehead atoms. The molecule has 0 aliphatic carbocycles. The van der Waals surface area contributed by atoms with E-state index in [4.69, 9.17) is 0 Å². The molecule has 2 N–H and O–H groups in total. The fourth-order valence-electron chi connectivity index (χ4n) is 2.91. The van der Waals surface area contributed by atoms with Crippen LogP contribution in [0.4, 0.5) is 0 Å². The molecule has 0 aromatic heterocycles. The van der Waals surface area contributed by atoms with Gasteiger partial charge in [-0.3, -0.25) is 9.89 Å². The van der Waals surface area contributed by atoms with Gasteiger partial charge in [-0.15, -0.1) is 0 Å². The molecule has 1 heterocycles. The number of sulfone groups is 1. The van der Waals surface area contributed by atoms with E-state index in [1.165, 1.54) is 0 Å². The van der Waals surface area contributed by atoms with E-state index in [0.29, 0.717) is 30.1 Å². The smallest absolute Gasteiger partial charge is 0.191 e. The van der Waals surface area contributed by atoms with Gasteiger partial charge in [0.2, 0.25) is 0 Å². The van der Waals surface area contributed by atoms with Gasteiger partial charge in [0.25, 0.3) is 0 Å². The van der Waals surface area contributed by atoms with Crippen molar-refractivity contribution in [2.45, 2.75) is 46.2 Å². The van der Waals surface area contributed by atoms with Gasteiger partial charge < -0.3 is 10.6 Å². The van der Waals surface area contributed by atoms with E-state index in [9.17, 15) is 8.42 Å². The second-order valence-corrected chi connectivity index (χ2v) is 8.80. The third-order valence-electron chi connectivity index (χ3n) is 4.10. The number of hydrogen-bond acceptors (Lipinski definition) is 4. The monoisotopic (exact) mass is 332 g/mol. The lowest BCUT2D eigenvalue weighted by molar-refractivity contribution is 0.178. The first-order valence-corrected chi connectivity index (χ1v) is 9.98. The van der Waals surface area contributed by atoms with Crippen molar-refractivity contribution < 1.29 is 8.42 Å². The SMILES string of the molecule is CN=C(NCCN(C(C)C)C(C)C)NCC1CCS(=O)(=O)C1. The van der Waals surface area contributed by atoms with Crippen molar-refractivity contribution in [3.63, 3.8) is 0 Å². The second-order valence-electron chi connectivity index (χ2n) is 6.57. The standard InChI is InChI=1S/C15H32N4O2S/c1-12(2)19(13(3)4)8-7-17-15(16-5)18-10-14-6-9-22(20,21)11-14/h12-14H,6-11H2,1-5H3,(H2,16,17,18). The van der Waals surface area contributed by atoms with Crippen molar-refractivity contribution in [3.8, 4) is 0 Å². The van der Waals surface area contributed by atoms with Gasteiger partial charge >= 0.3 is 0 Å². The topological polar surface area (TPSA) is 73.8 Å². The first kappa shape index (κ1) is 19.2. The van der Waals surface area contributed by atoms with Crippen molar-refractivity contribution in [2.75, 3.05) is 38.2 Å². The molecule has 130 valence electrons. The molecular weight excluding hydrogens is 300 g/mol. The lowest BCUT2D eigenvalue weighted by atomic mass is 10.1. The van der Waals surface area contributed by atoms with Crippen LogP contribution in [0.3, 0.4) is 0 Å². The molecule has 1 fully saturated rings. The summed E-state index contributed by atoms with van der Waals surface area (Å²) in [7, 11) is -1.06. The Kier molecular flexibility index (Phi) is 7.62. The van der Waals surface area contributed by atoms with Crippen molar-refractivity contribution in [1.29, 1.82) is 0 Å². The quantitative estimate of drug-likeness (QED) is 0.530. The van der Waals surface area contributed by atoms with Crippen LogP contribution in [0.1, 0.15) is 34.1 Å². The highest BCUT2D eigenvalue weighted by atomic mass is 32.2. The van der Waals surface area contributed by atoms with Gasteiger partial charge in [-0.25, -0.2) is 8.42 Å². The number of nitrogens with zero attached hydrogens (tertiary/aromatic N) is 2. The minimum Gasteiger partial charge on any atom is -0.356 e.